The molecular weight excluding hydrogens is 216 g/mol. The van der Waals surface area contributed by atoms with Gasteiger partial charge < -0.3 is 15.8 Å². The number of anilines is 2. The Kier molecular flexibility index (Phi) is 4.24. The van der Waals surface area contributed by atoms with Crippen molar-refractivity contribution in [2.75, 3.05) is 24.2 Å². The summed E-state index contributed by atoms with van der Waals surface area (Å²) in [6.07, 6.45) is 0. The Morgan fingerprint density at radius 3 is 2.93 bits per heavy atom. The highest BCUT2D eigenvalue weighted by Crippen LogP contribution is 2.27. The number of carbonyl (C=O) groups excluding carboxylic acids is 1. The minimum Gasteiger partial charge on any atom is -0.465 e. The summed E-state index contributed by atoms with van der Waals surface area (Å²) in [7, 11) is 0. The minimum atomic E-state index is -0.336. The molecule has 0 fully saturated rings. The maximum absolute atomic E-state index is 11.1. The first-order valence-electron chi connectivity index (χ1n) is 4.58. The molecule has 0 heterocycles. The van der Waals surface area contributed by atoms with E-state index in [0.29, 0.717) is 23.0 Å². The highest BCUT2D eigenvalue weighted by molar-refractivity contribution is 6.33. The monoisotopic (exact) mass is 228 g/mol. The van der Waals surface area contributed by atoms with Crippen molar-refractivity contribution < 1.29 is 9.53 Å². The van der Waals surface area contributed by atoms with Gasteiger partial charge in [-0.3, -0.25) is 4.79 Å². The van der Waals surface area contributed by atoms with Crippen LogP contribution in [0.3, 0.4) is 0 Å². The van der Waals surface area contributed by atoms with Gasteiger partial charge in [0.1, 0.15) is 6.54 Å². The standard InChI is InChI=1S/C10H13ClN2O2/c1-2-15-9(14)6-13-10-7(11)4-3-5-8(10)12/h3-5,13H,2,6,12H2,1H3. The third-order valence-electron chi connectivity index (χ3n) is 1.76. The zero-order valence-corrected chi connectivity index (χ0v) is 9.17. The zero-order valence-electron chi connectivity index (χ0n) is 8.42. The molecule has 0 aliphatic carbocycles. The fraction of sp³-hybridized carbons (Fsp3) is 0.300. The van der Waals surface area contributed by atoms with E-state index >= 15 is 0 Å². The van der Waals surface area contributed by atoms with Gasteiger partial charge in [0.2, 0.25) is 0 Å². The van der Waals surface area contributed by atoms with E-state index in [-0.39, 0.29) is 12.5 Å². The van der Waals surface area contributed by atoms with Crippen molar-refractivity contribution >= 4 is 28.9 Å². The molecule has 0 saturated heterocycles. The van der Waals surface area contributed by atoms with Crippen LogP contribution in [0, 0.1) is 0 Å². The Labute approximate surface area is 93.4 Å². The molecule has 4 nitrogen and oxygen atoms in total. The molecule has 0 amide bonds. The molecule has 0 spiro atoms. The maximum atomic E-state index is 11.1. The number of benzene rings is 1. The average molecular weight is 229 g/mol. The summed E-state index contributed by atoms with van der Waals surface area (Å²) in [5.74, 6) is -0.336. The van der Waals surface area contributed by atoms with Crippen LogP contribution < -0.4 is 11.1 Å². The summed E-state index contributed by atoms with van der Waals surface area (Å²) in [6, 6.07) is 5.15. The zero-order chi connectivity index (χ0) is 11.3. The summed E-state index contributed by atoms with van der Waals surface area (Å²) < 4.78 is 4.76. The van der Waals surface area contributed by atoms with E-state index in [1.807, 2.05) is 0 Å². The van der Waals surface area contributed by atoms with Crippen LogP contribution in [0.15, 0.2) is 18.2 Å². The van der Waals surface area contributed by atoms with E-state index in [9.17, 15) is 4.79 Å². The van der Waals surface area contributed by atoms with Gasteiger partial charge in [0.05, 0.1) is 23.0 Å². The van der Waals surface area contributed by atoms with Gasteiger partial charge in [-0.05, 0) is 19.1 Å². The van der Waals surface area contributed by atoms with Crippen molar-refractivity contribution in [2.45, 2.75) is 6.92 Å². The number of hydrogen-bond acceptors (Lipinski definition) is 4. The lowest BCUT2D eigenvalue weighted by molar-refractivity contribution is -0.140. The fourth-order valence-electron chi connectivity index (χ4n) is 1.10. The van der Waals surface area contributed by atoms with Crippen molar-refractivity contribution in [3.05, 3.63) is 23.2 Å². The first-order valence-corrected chi connectivity index (χ1v) is 4.96. The van der Waals surface area contributed by atoms with Crippen LogP contribution in [0.5, 0.6) is 0 Å². The summed E-state index contributed by atoms with van der Waals surface area (Å²) >= 11 is 5.90. The Morgan fingerprint density at radius 2 is 2.33 bits per heavy atom. The molecule has 0 saturated carbocycles. The predicted molar refractivity (Wildman–Crippen MR) is 61.0 cm³/mol. The predicted octanol–water partition coefficient (Wildman–Crippen LogP) is 1.90. The summed E-state index contributed by atoms with van der Waals surface area (Å²) in [5, 5.41) is 3.32. The topological polar surface area (TPSA) is 64.3 Å². The van der Waals surface area contributed by atoms with Crippen LogP contribution in [-0.4, -0.2) is 19.1 Å². The van der Waals surface area contributed by atoms with Crippen molar-refractivity contribution in [3.8, 4) is 0 Å². The fourth-order valence-corrected chi connectivity index (χ4v) is 1.35. The average Bonchev–Trinajstić information content (AvgIpc) is 2.17. The highest BCUT2D eigenvalue weighted by atomic mass is 35.5. The van der Waals surface area contributed by atoms with Crippen LogP contribution in [-0.2, 0) is 9.53 Å². The first-order chi connectivity index (χ1) is 7.15. The molecule has 5 heteroatoms. The molecule has 1 rings (SSSR count). The molecular formula is C10H13ClN2O2. The number of rotatable bonds is 4. The number of hydrogen-bond donors (Lipinski definition) is 2. The number of para-hydroxylation sites is 1. The number of halogens is 1. The smallest absolute Gasteiger partial charge is 0.325 e. The highest BCUT2D eigenvalue weighted by Gasteiger charge is 2.06. The van der Waals surface area contributed by atoms with Crippen LogP contribution in [0.1, 0.15) is 6.92 Å². The van der Waals surface area contributed by atoms with Gasteiger partial charge in [-0.15, -0.1) is 0 Å². The number of nitrogens with one attached hydrogen (secondary N) is 1. The lowest BCUT2D eigenvalue weighted by atomic mass is 10.2. The van der Waals surface area contributed by atoms with Gasteiger partial charge in [-0.1, -0.05) is 17.7 Å². The van der Waals surface area contributed by atoms with Crippen molar-refractivity contribution in [1.82, 2.24) is 0 Å². The normalized spacial score (nSPS) is 9.73. The van der Waals surface area contributed by atoms with E-state index in [2.05, 4.69) is 5.32 Å². The maximum Gasteiger partial charge on any atom is 0.325 e. The van der Waals surface area contributed by atoms with Crippen molar-refractivity contribution in [1.29, 1.82) is 0 Å². The van der Waals surface area contributed by atoms with Gasteiger partial charge in [-0.25, -0.2) is 0 Å². The van der Waals surface area contributed by atoms with Crippen LogP contribution in [0.2, 0.25) is 5.02 Å². The molecule has 15 heavy (non-hydrogen) atoms. The third kappa shape index (κ3) is 3.32. The number of carbonyl (C=O) groups is 1. The minimum absolute atomic E-state index is 0.0573. The van der Waals surface area contributed by atoms with Gasteiger partial charge in [0, 0.05) is 0 Å². The summed E-state index contributed by atoms with van der Waals surface area (Å²) in [6.45, 7) is 2.17. The largest absolute Gasteiger partial charge is 0.465 e. The Bertz CT molecular complexity index is 335. The summed E-state index contributed by atoms with van der Waals surface area (Å²) in [4.78, 5) is 11.1. The molecule has 3 N–H and O–H groups in total. The van der Waals surface area contributed by atoms with E-state index in [0.717, 1.165) is 0 Å². The van der Waals surface area contributed by atoms with E-state index in [1.165, 1.54) is 0 Å². The Balaban J connectivity index is 2.61. The molecule has 0 atom stereocenters. The van der Waals surface area contributed by atoms with Gasteiger partial charge >= 0.3 is 5.97 Å². The molecule has 0 aliphatic heterocycles. The second-order valence-corrected chi connectivity index (χ2v) is 3.27. The van der Waals surface area contributed by atoms with Crippen molar-refractivity contribution in [2.24, 2.45) is 0 Å². The SMILES string of the molecule is CCOC(=O)CNc1c(N)cccc1Cl. The van der Waals surface area contributed by atoms with Crippen LogP contribution >= 0.6 is 11.6 Å². The number of nitrogens with two attached hydrogens (primary N) is 1. The van der Waals surface area contributed by atoms with Crippen LogP contribution in [0.25, 0.3) is 0 Å². The van der Waals surface area contributed by atoms with Gasteiger partial charge in [-0.2, -0.15) is 0 Å². The second-order valence-electron chi connectivity index (χ2n) is 2.86. The Hall–Kier alpha value is -1.42. The lowest BCUT2D eigenvalue weighted by Gasteiger charge is -2.10. The molecule has 0 bridgehead atoms. The molecule has 1 aromatic carbocycles. The van der Waals surface area contributed by atoms with Gasteiger partial charge in [0.25, 0.3) is 0 Å². The molecule has 0 aromatic heterocycles. The lowest BCUT2D eigenvalue weighted by Crippen LogP contribution is -2.17. The number of ether oxygens (including phenoxy) is 1. The van der Waals surface area contributed by atoms with E-state index in [4.69, 9.17) is 22.1 Å². The first kappa shape index (κ1) is 11.7. The third-order valence-corrected chi connectivity index (χ3v) is 2.08. The molecule has 0 aliphatic rings. The van der Waals surface area contributed by atoms with Crippen LogP contribution in [0.4, 0.5) is 11.4 Å². The summed E-state index contributed by atoms with van der Waals surface area (Å²) in [5.41, 5.74) is 6.75. The van der Waals surface area contributed by atoms with Crippen molar-refractivity contribution in [3.63, 3.8) is 0 Å². The van der Waals surface area contributed by atoms with E-state index in [1.54, 1.807) is 25.1 Å². The molecule has 82 valence electrons. The second kappa shape index (κ2) is 5.46. The quantitative estimate of drug-likeness (QED) is 0.610. The van der Waals surface area contributed by atoms with E-state index < -0.39 is 0 Å². The molecule has 0 radical (unpaired) electrons. The number of nitrogen functional groups attached to an aromatic ring is 1. The molecule has 1 aromatic rings. The number of esters is 1. The molecule has 0 unspecified atom stereocenters. The van der Waals surface area contributed by atoms with Gasteiger partial charge in [0.15, 0.2) is 0 Å². The Morgan fingerprint density at radius 1 is 1.60 bits per heavy atom.